The number of aryl methyl sites for hydroxylation is 1. The van der Waals surface area contributed by atoms with E-state index in [0.29, 0.717) is 5.92 Å². The van der Waals surface area contributed by atoms with Crippen LogP contribution in [0.25, 0.3) is 0 Å². The Morgan fingerprint density at radius 2 is 2.20 bits per heavy atom. The number of hydrogen-bond donors (Lipinski definition) is 1. The van der Waals surface area contributed by atoms with Crippen LogP contribution in [0.3, 0.4) is 0 Å². The third-order valence-corrected chi connectivity index (χ3v) is 2.97. The summed E-state index contributed by atoms with van der Waals surface area (Å²) in [6.07, 6.45) is 0. The molecule has 0 bridgehead atoms. The molecule has 2 nitrogen and oxygen atoms in total. The van der Waals surface area contributed by atoms with E-state index in [1.807, 2.05) is 11.3 Å². The highest BCUT2D eigenvalue weighted by Crippen LogP contribution is 2.14. The molecule has 0 saturated heterocycles. The first-order valence-corrected chi connectivity index (χ1v) is 6.34. The Labute approximate surface area is 96.7 Å². The van der Waals surface area contributed by atoms with Gasteiger partial charge in [-0.05, 0) is 25.0 Å². The standard InChI is InChI=1S/C12H21NOS/c1-10(2)9-14-7-6-13-8-12-5-4-11(3)15-12/h4-5,10,13H,6-9H2,1-3H3. The average Bonchev–Trinajstić information content (AvgIpc) is 2.57. The van der Waals surface area contributed by atoms with Crippen LogP contribution < -0.4 is 5.32 Å². The Hall–Kier alpha value is -0.380. The molecule has 0 atom stereocenters. The minimum absolute atomic E-state index is 0.630. The van der Waals surface area contributed by atoms with Crippen molar-refractivity contribution in [2.45, 2.75) is 27.3 Å². The van der Waals surface area contributed by atoms with Gasteiger partial charge in [0.15, 0.2) is 0 Å². The summed E-state index contributed by atoms with van der Waals surface area (Å²) in [7, 11) is 0. The topological polar surface area (TPSA) is 21.3 Å². The molecule has 0 aliphatic carbocycles. The second kappa shape index (κ2) is 6.99. The lowest BCUT2D eigenvalue weighted by molar-refractivity contribution is 0.111. The number of thiophene rings is 1. The predicted molar refractivity (Wildman–Crippen MR) is 66.4 cm³/mol. The third kappa shape index (κ3) is 5.92. The van der Waals surface area contributed by atoms with Gasteiger partial charge in [0.2, 0.25) is 0 Å². The first kappa shape index (κ1) is 12.7. The second-order valence-corrected chi connectivity index (χ2v) is 5.53. The molecule has 0 saturated carbocycles. The van der Waals surface area contributed by atoms with Gasteiger partial charge < -0.3 is 10.1 Å². The predicted octanol–water partition coefficient (Wildman–Crippen LogP) is 2.82. The molecule has 0 spiro atoms. The lowest BCUT2D eigenvalue weighted by atomic mass is 10.2. The molecule has 0 aromatic carbocycles. The average molecular weight is 227 g/mol. The largest absolute Gasteiger partial charge is 0.380 e. The third-order valence-electron chi connectivity index (χ3n) is 1.97. The van der Waals surface area contributed by atoms with Crippen molar-refractivity contribution in [1.82, 2.24) is 5.32 Å². The first-order valence-electron chi connectivity index (χ1n) is 5.52. The van der Waals surface area contributed by atoms with Crippen LogP contribution in [0.1, 0.15) is 23.6 Å². The summed E-state index contributed by atoms with van der Waals surface area (Å²) < 4.78 is 5.48. The van der Waals surface area contributed by atoms with Crippen LogP contribution in [0.4, 0.5) is 0 Å². The number of hydrogen-bond acceptors (Lipinski definition) is 3. The Balaban J connectivity index is 1.98. The maximum absolute atomic E-state index is 5.48. The SMILES string of the molecule is Cc1ccc(CNCCOCC(C)C)s1. The molecular formula is C12H21NOS. The Morgan fingerprint density at radius 3 is 2.80 bits per heavy atom. The van der Waals surface area contributed by atoms with Gasteiger partial charge in [0.25, 0.3) is 0 Å². The van der Waals surface area contributed by atoms with Crippen molar-refractivity contribution in [3.05, 3.63) is 21.9 Å². The molecule has 0 aliphatic heterocycles. The maximum atomic E-state index is 5.48. The Kier molecular flexibility index (Phi) is 5.91. The van der Waals surface area contributed by atoms with Crippen molar-refractivity contribution in [3.63, 3.8) is 0 Å². The molecule has 0 fully saturated rings. The number of ether oxygens (including phenoxy) is 1. The number of nitrogens with one attached hydrogen (secondary N) is 1. The fourth-order valence-electron chi connectivity index (χ4n) is 1.26. The van der Waals surface area contributed by atoms with Gasteiger partial charge in [-0.1, -0.05) is 13.8 Å². The van der Waals surface area contributed by atoms with Gasteiger partial charge in [-0.15, -0.1) is 11.3 Å². The summed E-state index contributed by atoms with van der Waals surface area (Å²) in [6.45, 7) is 10.0. The molecule has 3 heteroatoms. The van der Waals surface area contributed by atoms with Crippen molar-refractivity contribution < 1.29 is 4.74 Å². The fraction of sp³-hybridized carbons (Fsp3) is 0.667. The smallest absolute Gasteiger partial charge is 0.0591 e. The summed E-state index contributed by atoms with van der Waals surface area (Å²) in [5, 5.41) is 3.37. The van der Waals surface area contributed by atoms with E-state index >= 15 is 0 Å². The van der Waals surface area contributed by atoms with E-state index in [9.17, 15) is 0 Å². The van der Waals surface area contributed by atoms with Gasteiger partial charge in [-0.2, -0.15) is 0 Å². The first-order chi connectivity index (χ1) is 7.18. The van der Waals surface area contributed by atoms with Crippen LogP contribution in [0.5, 0.6) is 0 Å². The molecule has 86 valence electrons. The number of rotatable bonds is 7. The van der Waals surface area contributed by atoms with E-state index in [0.717, 1.165) is 26.3 Å². The molecule has 1 aromatic heterocycles. The zero-order valence-electron chi connectivity index (χ0n) is 9.88. The van der Waals surface area contributed by atoms with Crippen molar-refractivity contribution in [2.24, 2.45) is 5.92 Å². The summed E-state index contributed by atoms with van der Waals surface area (Å²) in [5.41, 5.74) is 0. The highest BCUT2D eigenvalue weighted by atomic mass is 32.1. The molecule has 15 heavy (non-hydrogen) atoms. The molecule has 0 amide bonds. The monoisotopic (exact) mass is 227 g/mol. The van der Waals surface area contributed by atoms with Crippen LogP contribution in [-0.4, -0.2) is 19.8 Å². The summed E-state index contributed by atoms with van der Waals surface area (Å²) in [5.74, 6) is 0.630. The van der Waals surface area contributed by atoms with Gasteiger partial charge in [0.05, 0.1) is 6.61 Å². The Morgan fingerprint density at radius 1 is 1.40 bits per heavy atom. The minimum atomic E-state index is 0.630. The minimum Gasteiger partial charge on any atom is -0.380 e. The van der Waals surface area contributed by atoms with Crippen LogP contribution in [0.2, 0.25) is 0 Å². The maximum Gasteiger partial charge on any atom is 0.0591 e. The summed E-state index contributed by atoms with van der Waals surface area (Å²) in [4.78, 5) is 2.78. The molecule has 1 rings (SSSR count). The van der Waals surface area contributed by atoms with Crippen LogP contribution in [0.15, 0.2) is 12.1 Å². The highest BCUT2D eigenvalue weighted by molar-refractivity contribution is 7.11. The van der Waals surface area contributed by atoms with Gasteiger partial charge in [-0.25, -0.2) is 0 Å². The van der Waals surface area contributed by atoms with Crippen LogP contribution >= 0.6 is 11.3 Å². The van der Waals surface area contributed by atoms with Crippen LogP contribution in [-0.2, 0) is 11.3 Å². The quantitative estimate of drug-likeness (QED) is 0.723. The molecular weight excluding hydrogens is 206 g/mol. The zero-order valence-corrected chi connectivity index (χ0v) is 10.7. The van der Waals surface area contributed by atoms with Crippen molar-refractivity contribution in [2.75, 3.05) is 19.8 Å². The summed E-state index contributed by atoms with van der Waals surface area (Å²) in [6, 6.07) is 4.35. The normalized spacial score (nSPS) is 11.2. The lowest BCUT2D eigenvalue weighted by Gasteiger charge is -2.07. The second-order valence-electron chi connectivity index (χ2n) is 4.16. The van der Waals surface area contributed by atoms with Gasteiger partial charge in [0.1, 0.15) is 0 Å². The van der Waals surface area contributed by atoms with Crippen molar-refractivity contribution in [1.29, 1.82) is 0 Å². The van der Waals surface area contributed by atoms with Crippen molar-refractivity contribution >= 4 is 11.3 Å². The molecule has 0 unspecified atom stereocenters. The summed E-state index contributed by atoms with van der Waals surface area (Å²) >= 11 is 1.85. The van der Waals surface area contributed by atoms with E-state index < -0.39 is 0 Å². The van der Waals surface area contributed by atoms with E-state index in [1.165, 1.54) is 9.75 Å². The van der Waals surface area contributed by atoms with Crippen LogP contribution in [0, 0.1) is 12.8 Å². The molecule has 1 N–H and O–H groups in total. The van der Waals surface area contributed by atoms with E-state index in [1.54, 1.807) is 0 Å². The van der Waals surface area contributed by atoms with Gasteiger partial charge in [-0.3, -0.25) is 0 Å². The Bertz CT molecular complexity index is 270. The van der Waals surface area contributed by atoms with E-state index in [2.05, 4.69) is 38.2 Å². The van der Waals surface area contributed by atoms with Gasteiger partial charge >= 0.3 is 0 Å². The van der Waals surface area contributed by atoms with E-state index in [-0.39, 0.29) is 0 Å². The lowest BCUT2D eigenvalue weighted by Crippen LogP contribution is -2.19. The van der Waals surface area contributed by atoms with Gasteiger partial charge in [0, 0.05) is 29.5 Å². The molecule has 0 radical (unpaired) electrons. The van der Waals surface area contributed by atoms with E-state index in [4.69, 9.17) is 4.74 Å². The van der Waals surface area contributed by atoms with Crippen molar-refractivity contribution in [3.8, 4) is 0 Å². The zero-order chi connectivity index (χ0) is 11.1. The molecule has 0 aliphatic rings. The molecule has 1 heterocycles. The highest BCUT2D eigenvalue weighted by Gasteiger charge is 1.96. The molecule has 1 aromatic rings. The fourth-order valence-corrected chi connectivity index (χ4v) is 2.12.